The number of hydrogen-bond acceptors (Lipinski definition) is 2. The van der Waals surface area contributed by atoms with Crippen LogP contribution in [-0.4, -0.2) is 25.1 Å². The van der Waals surface area contributed by atoms with E-state index in [1.807, 2.05) is 7.05 Å². The van der Waals surface area contributed by atoms with Crippen molar-refractivity contribution >= 4 is 11.8 Å². The molecule has 0 radical (unpaired) electrons. The zero-order chi connectivity index (χ0) is 7.94. The molecule has 1 atom stereocenters. The van der Waals surface area contributed by atoms with Crippen molar-refractivity contribution in [2.75, 3.05) is 25.1 Å². The van der Waals surface area contributed by atoms with E-state index >= 15 is 0 Å². The monoisotopic (exact) mass is 169 g/mol. The van der Waals surface area contributed by atoms with Crippen molar-refractivity contribution in [1.82, 2.24) is 5.32 Å². The molecule has 1 rings (SSSR count). The van der Waals surface area contributed by atoms with E-state index in [4.69, 9.17) is 0 Å². The first-order valence-electron chi connectivity index (χ1n) is 4.11. The fraction of sp³-hybridized carbons (Fsp3) is 0.778. The van der Waals surface area contributed by atoms with Crippen LogP contribution in [0, 0.1) is 17.8 Å². The Morgan fingerprint density at radius 2 is 2.45 bits per heavy atom. The van der Waals surface area contributed by atoms with Crippen LogP contribution in [0.3, 0.4) is 0 Å². The number of nitrogens with one attached hydrogen (secondary N) is 1. The second kappa shape index (κ2) is 5.51. The van der Waals surface area contributed by atoms with Crippen molar-refractivity contribution in [2.24, 2.45) is 5.92 Å². The summed E-state index contributed by atoms with van der Waals surface area (Å²) in [4.78, 5) is 0. The Labute approximate surface area is 73.3 Å². The fourth-order valence-electron chi connectivity index (χ4n) is 1.11. The molecule has 1 aliphatic heterocycles. The molecule has 1 saturated heterocycles. The summed E-state index contributed by atoms with van der Waals surface area (Å²) >= 11 is 2.06. The van der Waals surface area contributed by atoms with Crippen LogP contribution < -0.4 is 5.32 Å². The molecule has 1 nitrogen and oxygen atoms in total. The lowest BCUT2D eigenvalue weighted by atomic mass is 10.1. The van der Waals surface area contributed by atoms with Crippen molar-refractivity contribution in [3.05, 3.63) is 0 Å². The van der Waals surface area contributed by atoms with Crippen LogP contribution in [0.2, 0.25) is 0 Å². The van der Waals surface area contributed by atoms with Crippen molar-refractivity contribution in [3.8, 4) is 11.8 Å². The highest BCUT2D eigenvalue weighted by atomic mass is 32.2. The van der Waals surface area contributed by atoms with E-state index in [0.29, 0.717) is 0 Å². The van der Waals surface area contributed by atoms with Gasteiger partial charge in [-0.3, -0.25) is 0 Å². The first kappa shape index (κ1) is 8.96. The third-order valence-electron chi connectivity index (χ3n) is 1.80. The van der Waals surface area contributed by atoms with E-state index in [2.05, 4.69) is 28.9 Å². The standard InChI is InChI=1S/C9H15NS/c1-10-6-3-2-4-9-5-7-11-8-9/h9-10H,4-8H2,1H3. The van der Waals surface area contributed by atoms with Gasteiger partial charge in [-0.1, -0.05) is 5.92 Å². The Morgan fingerprint density at radius 3 is 3.09 bits per heavy atom. The summed E-state index contributed by atoms with van der Waals surface area (Å²) in [7, 11) is 1.93. The predicted molar refractivity (Wildman–Crippen MR) is 51.8 cm³/mol. The SMILES string of the molecule is CNCC#CCC1CCSC1. The lowest BCUT2D eigenvalue weighted by Crippen LogP contribution is -2.04. The molecule has 0 spiro atoms. The minimum Gasteiger partial charge on any atom is -0.309 e. The molecule has 11 heavy (non-hydrogen) atoms. The van der Waals surface area contributed by atoms with Gasteiger partial charge in [-0.05, 0) is 30.9 Å². The van der Waals surface area contributed by atoms with Crippen LogP contribution in [0.4, 0.5) is 0 Å². The quantitative estimate of drug-likeness (QED) is 0.626. The zero-order valence-electron chi connectivity index (χ0n) is 7.02. The largest absolute Gasteiger partial charge is 0.309 e. The average Bonchev–Trinajstić information content (AvgIpc) is 2.50. The molecule has 0 saturated carbocycles. The molecule has 1 fully saturated rings. The van der Waals surface area contributed by atoms with Crippen LogP contribution >= 0.6 is 11.8 Å². The van der Waals surface area contributed by atoms with E-state index in [0.717, 1.165) is 18.9 Å². The van der Waals surface area contributed by atoms with Gasteiger partial charge in [-0.15, -0.1) is 5.92 Å². The molecule has 0 aromatic heterocycles. The van der Waals surface area contributed by atoms with Crippen LogP contribution in [0.1, 0.15) is 12.8 Å². The second-order valence-corrected chi connectivity index (χ2v) is 3.97. The second-order valence-electron chi connectivity index (χ2n) is 2.82. The van der Waals surface area contributed by atoms with Gasteiger partial charge in [-0.25, -0.2) is 0 Å². The molecule has 1 heterocycles. The molecule has 0 aromatic carbocycles. The minimum absolute atomic E-state index is 0.833. The highest BCUT2D eigenvalue weighted by molar-refractivity contribution is 7.99. The summed E-state index contributed by atoms with van der Waals surface area (Å²) in [6.07, 6.45) is 2.48. The fourth-order valence-corrected chi connectivity index (χ4v) is 2.40. The Hall–Kier alpha value is -0.130. The van der Waals surface area contributed by atoms with Crippen LogP contribution in [0.5, 0.6) is 0 Å². The van der Waals surface area contributed by atoms with Crippen LogP contribution in [0.25, 0.3) is 0 Å². The lowest BCUT2D eigenvalue weighted by Gasteiger charge is -1.99. The lowest BCUT2D eigenvalue weighted by molar-refractivity contribution is 0.618. The molecule has 1 N–H and O–H groups in total. The smallest absolute Gasteiger partial charge is 0.0574 e. The van der Waals surface area contributed by atoms with Gasteiger partial charge in [0.15, 0.2) is 0 Å². The Morgan fingerprint density at radius 1 is 1.55 bits per heavy atom. The molecule has 2 heteroatoms. The van der Waals surface area contributed by atoms with Crippen molar-refractivity contribution in [1.29, 1.82) is 0 Å². The molecule has 62 valence electrons. The number of rotatable bonds is 2. The molecular weight excluding hydrogens is 154 g/mol. The molecule has 0 amide bonds. The highest BCUT2D eigenvalue weighted by Crippen LogP contribution is 2.25. The maximum Gasteiger partial charge on any atom is 0.0574 e. The summed E-state index contributed by atoms with van der Waals surface area (Å²) in [6, 6.07) is 0. The van der Waals surface area contributed by atoms with Gasteiger partial charge < -0.3 is 5.32 Å². The Balaban J connectivity index is 2.06. The summed E-state index contributed by atoms with van der Waals surface area (Å²) in [5, 5.41) is 3.01. The topological polar surface area (TPSA) is 12.0 Å². The van der Waals surface area contributed by atoms with E-state index in [-0.39, 0.29) is 0 Å². The van der Waals surface area contributed by atoms with E-state index < -0.39 is 0 Å². The van der Waals surface area contributed by atoms with Crippen molar-refractivity contribution in [2.45, 2.75) is 12.8 Å². The van der Waals surface area contributed by atoms with Gasteiger partial charge in [0.2, 0.25) is 0 Å². The third-order valence-corrected chi connectivity index (χ3v) is 3.04. The van der Waals surface area contributed by atoms with Gasteiger partial charge in [-0.2, -0.15) is 11.8 Å². The van der Waals surface area contributed by atoms with Crippen molar-refractivity contribution in [3.63, 3.8) is 0 Å². The van der Waals surface area contributed by atoms with Gasteiger partial charge in [0, 0.05) is 6.42 Å². The molecule has 1 aliphatic rings. The first-order valence-corrected chi connectivity index (χ1v) is 5.27. The minimum atomic E-state index is 0.833. The van der Waals surface area contributed by atoms with E-state index in [1.54, 1.807) is 0 Å². The normalized spacial score (nSPS) is 22.8. The van der Waals surface area contributed by atoms with Crippen molar-refractivity contribution < 1.29 is 0 Å². The van der Waals surface area contributed by atoms with Gasteiger partial charge in [0.05, 0.1) is 6.54 Å². The summed E-state index contributed by atoms with van der Waals surface area (Å²) < 4.78 is 0. The van der Waals surface area contributed by atoms with Crippen LogP contribution in [-0.2, 0) is 0 Å². The molecule has 0 bridgehead atoms. The molecular formula is C9H15NS. The third kappa shape index (κ3) is 3.69. The number of hydrogen-bond donors (Lipinski definition) is 1. The molecule has 1 unspecified atom stereocenters. The average molecular weight is 169 g/mol. The Bertz CT molecular complexity index is 151. The summed E-state index contributed by atoms with van der Waals surface area (Å²) in [5.74, 6) is 9.85. The van der Waals surface area contributed by atoms with Gasteiger partial charge >= 0.3 is 0 Å². The summed E-state index contributed by atoms with van der Waals surface area (Å²) in [6.45, 7) is 0.833. The molecule has 0 aliphatic carbocycles. The summed E-state index contributed by atoms with van der Waals surface area (Å²) in [5.41, 5.74) is 0. The number of thioether (sulfide) groups is 1. The molecule has 0 aromatic rings. The predicted octanol–water partition coefficient (Wildman–Crippen LogP) is 1.35. The zero-order valence-corrected chi connectivity index (χ0v) is 7.84. The van der Waals surface area contributed by atoms with Gasteiger partial charge in [0.25, 0.3) is 0 Å². The van der Waals surface area contributed by atoms with E-state index in [9.17, 15) is 0 Å². The Kier molecular flexibility index (Phi) is 4.49. The maximum atomic E-state index is 3.20. The first-order chi connectivity index (χ1) is 5.43. The van der Waals surface area contributed by atoms with Crippen LogP contribution in [0.15, 0.2) is 0 Å². The maximum absolute atomic E-state index is 3.20. The highest BCUT2D eigenvalue weighted by Gasteiger charge is 2.13. The van der Waals surface area contributed by atoms with Gasteiger partial charge in [0.1, 0.15) is 0 Å². The van der Waals surface area contributed by atoms with E-state index in [1.165, 1.54) is 17.9 Å².